The highest BCUT2D eigenvalue weighted by Crippen LogP contribution is 2.20. The van der Waals surface area contributed by atoms with Crippen molar-refractivity contribution in [3.63, 3.8) is 0 Å². The summed E-state index contributed by atoms with van der Waals surface area (Å²) in [5.74, 6) is 0.238. The normalized spacial score (nSPS) is 11.1. The van der Waals surface area contributed by atoms with Crippen LogP contribution < -0.4 is 5.32 Å². The van der Waals surface area contributed by atoms with Crippen molar-refractivity contribution in [1.82, 2.24) is 5.32 Å². The van der Waals surface area contributed by atoms with E-state index in [0.29, 0.717) is 12.5 Å². The van der Waals surface area contributed by atoms with Crippen LogP contribution in [0.1, 0.15) is 37.0 Å². The number of carbonyl (C=O) groups is 1. The standard InChI is InChI=1S/C17H21NO/c1-13(2)18-12-6-11-17(19)16-10-5-8-14-7-3-4-9-15(14)16/h3-5,7-10,13,18H,6,11-12H2,1-2H3. The summed E-state index contributed by atoms with van der Waals surface area (Å²) < 4.78 is 0. The molecule has 0 radical (unpaired) electrons. The number of carbonyl (C=O) groups excluding carboxylic acids is 1. The maximum atomic E-state index is 12.3. The van der Waals surface area contributed by atoms with E-state index >= 15 is 0 Å². The Morgan fingerprint density at radius 2 is 1.84 bits per heavy atom. The highest BCUT2D eigenvalue weighted by Gasteiger charge is 2.09. The molecule has 2 heteroatoms. The van der Waals surface area contributed by atoms with E-state index < -0.39 is 0 Å². The van der Waals surface area contributed by atoms with Gasteiger partial charge in [0.1, 0.15) is 0 Å². The molecule has 0 amide bonds. The molecule has 2 aromatic carbocycles. The van der Waals surface area contributed by atoms with Crippen LogP contribution in [0.25, 0.3) is 10.8 Å². The average molecular weight is 255 g/mol. The van der Waals surface area contributed by atoms with E-state index in [9.17, 15) is 4.79 Å². The first-order valence-electron chi connectivity index (χ1n) is 6.93. The zero-order chi connectivity index (χ0) is 13.7. The maximum absolute atomic E-state index is 12.3. The van der Waals surface area contributed by atoms with E-state index in [-0.39, 0.29) is 5.78 Å². The first-order chi connectivity index (χ1) is 9.18. The predicted molar refractivity (Wildman–Crippen MR) is 80.7 cm³/mol. The van der Waals surface area contributed by atoms with Gasteiger partial charge in [-0.05, 0) is 23.7 Å². The molecule has 0 aliphatic rings. The second-order valence-corrected chi connectivity index (χ2v) is 5.16. The van der Waals surface area contributed by atoms with Crippen LogP contribution in [0.5, 0.6) is 0 Å². The molecular weight excluding hydrogens is 234 g/mol. The van der Waals surface area contributed by atoms with Gasteiger partial charge in [-0.1, -0.05) is 56.3 Å². The number of benzene rings is 2. The van der Waals surface area contributed by atoms with Gasteiger partial charge in [0.2, 0.25) is 0 Å². The molecule has 0 aromatic heterocycles. The quantitative estimate of drug-likeness (QED) is 0.628. The van der Waals surface area contributed by atoms with Gasteiger partial charge in [0, 0.05) is 18.0 Å². The second-order valence-electron chi connectivity index (χ2n) is 5.16. The molecule has 19 heavy (non-hydrogen) atoms. The molecule has 0 aliphatic carbocycles. The number of ketones is 1. The van der Waals surface area contributed by atoms with Gasteiger partial charge in [0.05, 0.1) is 0 Å². The fraction of sp³-hybridized carbons (Fsp3) is 0.353. The summed E-state index contributed by atoms with van der Waals surface area (Å²) in [6.45, 7) is 5.13. The van der Waals surface area contributed by atoms with E-state index in [0.717, 1.165) is 29.3 Å². The van der Waals surface area contributed by atoms with Crippen molar-refractivity contribution >= 4 is 16.6 Å². The third-order valence-corrected chi connectivity index (χ3v) is 3.22. The fourth-order valence-electron chi connectivity index (χ4n) is 2.24. The first-order valence-corrected chi connectivity index (χ1v) is 6.93. The number of rotatable bonds is 6. The number of nitrogens with one attached hydrogen (secondary N) is 1. The molecule has 0 aliphatic heterocycles. The van der Waals surface area contributed by atoms with Crippen molar-refractivity contribution in [2.45, 2.75) is 32.7 Å². The second kappa shape index (κ2) is 6.48. The van der Waals surface area contributed by atoms with Gasteiger partial charge >= 0.3 is 0 Å². The highest BCUT2D eigenvalue weighted by molar-refractivity contribution is 6.08. The number of fused-ring (bicyclic) bond motifs is 1. The Balaban J connectivity index is 2.05. The lowest BCUT2D eigenvalue weighted by atomic mass is 9.99. The Morgan fingerprint density at radius 1 is 1.11 bits per heavy atom. The van der Waals surface area contributed by atoms with Crippen molar-refractivity contribution in [2.24, 2.45) is 0 Å². The largest absolute Gasteiger partial charge is 0.315 e. The van der Waals surface area contributed by atoms with Gasteiger partial charge in [-0.2, -0.15) is 0 Å². The van der Waals surface area contributed by atoms with Crippen molar-refractivity contribution in [3.8, 4) is 0 Å². The minimum Gasteiger partial charge on any atom is -0.315 e. The average Bonchev–Trinajstić information content (AvgIpc) is 2.42. The Labute approximate surface area is 114 Å². The molecule has 1 N–H and O–H groups in total. The van der Waals surface area contributed by atoms with Gasteiger partial charge in [-0.3, -0.25) is 4.79 Å². The van der Waals surface area contributed by atoms with Crippen molar-refractivity contribution in [1.29, 1.82) is 0 Å². The summed E-state index contributed by atoms with van der Waals surface area (Å²) in [5, 5.41) is 5.53. The van der Waals surface area contributed by atoms with Gasteiger partial charge in [0.25, 0.3) is 0 Å². The Bertz CT molecular complexity index is 555. The van der Waals surface area contributed by atoms with Crippen LogP contribution in [-0.4, -0.2) is 18.4 Å². The molecule has 0 heterocycles. The molecule has 0 atom stereocenters. The smallest absolute Gasteiger partial charge is 0.163 e. The minimum absolute atomic E-state index is 0.238. The minimum atomic E-state index is 0.238. The predicted octanol–water partition coefficient (Wildman–Crippen LogP) is 3.80. The van der Waals surface area contributed by atoms with Crippen LogP contribution in [0.4, 0.5) is 0 Å². The third-order valence-electron chi connectivity index (χ3n) is 3.22. The van der Waals surface area contributed by atoms with Crippen LogP contribution in [-0.2, 0) is 0 Å². The summed E-state index contributed by atoms with van der Waals surface area (Å²) in [5.41, 5.74) is 0.850. The molecule has 0 fully saturated rings. The summed E-state index contributed by atoms with van der Waals surface area (Å²) >= 11 is 0. The lowest BCUT2D eigenvalue weighted by molar-refractivity contribution is 0.0981. The summed E-state index contributed by atoms with van der Waals surface area (Å²) in [7, 11) is 0. The van der Waals surface area contributed by atoms with E-state index in [1.807, 2.05) is 42.5 Å². The lowest BCUT2D eigenvalue weighted by Crippen LogP contribution is -2.24. The van der Waals surface area contributed by atoms with Crippen LogP contribution in [0.15, 0.2) is 42.5 Å². The van der Waals surface area contributed by atoms with Crippen molar-refractivity contribution in [3.05, 3.63) is 48.0 Å². The topological polar surface area (TPSA) is 29.1 Å². The zero-order valence-electron chi connectivity index (χ0n) is 11.6. The summed E-state index contributed by atoms with van der Waals surface area (Å²) in [6.07, 6.45) is 1.49. The van der Waals surface area contributed by atoms with E-state index in [4.69, 9.17) is 0 Å². The molecule has 2 nitrogen and oxygen atoms in total. The summed E-state index contributed by atoms with van der Waals surface area (Å²) in [6, 6.07) is 14.5. The van der Waals surface area contributed by atoms with E-state index in [2.05, 4.69) is 19.2 Å². The van der Waals surface area contributed by atoms with Gasteiger partial charge in [-0.15, -0.1) is 0 Å². The van der Waals surface area contributed by atoms with Gasteiger partial charge in [0.15, 0.2) is 5.78 Å². The summed E-state index contributed by atoms with van der Waals surface area (Å²) in [4.78, 5) is 12.3. The van der Waals surface area contributed by atoms with Crippen molar-refractivity contribution in [2.75, 3.05) is 6.54 Å². The molecule has 0 unspecified atom stereocenters. The van der Waals surface area contributed by atoms with Crippen LogP contribution in [0.2, 0.25) is 0 Å². The lowest BCUT2D eigenvalue weighted by Gasteiger charge is -2.08. The molecular formula is C17H21NO. The highest BCUT2D eigenvalue weighted by atomic mass is 16.1. The molecule has 0 spiro atoms. The van der Waals surface area contributed by atoms with Crippen LogP contribution in [0.3, 0.4) is 0 Å². The van der Waals surface area contributed by atoms with Gasteiger partial charge in [-0.25, -0.2) is 0 Å². The Kier molecular flexibility index (Phi) is 4.69. The van der Waals surface area contributed by atoms with Gasteiger partial charge < -0.3 is 5.32 Å². The SMILES string of the molecule is CC(C)NCCCC(=O)c1cccc2ccccc12. The van der Waals surface area contributed by atoms with Crippen molar-refractivity contribution < 1.29 is 4.79 Å². The zero-order valence-corrected chi connectivity index (χ0v) is 11.6. The molecule has 100 valence electrons. The molecule has 0 bridgehead atoms. The van der Waals surface area contributed by atoms with E-state index in [1.54, 1.807) is 0 Å². The van der Waals surface area contributed by atoms with E-state index in [1.165, 1.54) is 0 Å². The van der Waals surface area contributed by atoms with Crippen LogP contribution in [0, 0.1) is 0 Å². The number of hydrogen-bond acceptors (Lipinski definition) is 2. The molecule has 0 saturated heterocycles. The Hall–Kier alpha value is -1.67. The molecule has 2 rings (SSSR count). The third kappa shape index (κ3) is 3.65. The van der Waals surface area contributed by atoms with Crippen LogP contribution >= 0.6 is 0 Å². The maximum Gasteiger partial charge on any atom is 0.163 e. The Morgan fingerprint density at radius 3 is 2.63 bits per heavy atom. The fourth-order valence-corrected chi connectivity index (χ4v) is 2.24. The number of hydrogen-bond donors (Lipinski definition) is 1. The molecule has 2 aromatic rings. The first kappa shape index (κ1) is 13.8. The molecule has 0 saturated carbocycles. The number of Topliss-reactive ketones (excluding diaryl/α,β-unsaturated/α-hetero) is 1. The monoisotopic (exact) mass is 255 g/mol.